The van der Waals surface area contributed by atoms with Crippen molar-refractivity contribution >= 4 is 11.8 Å². The van der Waals surface area contributed by atoms with Gasteiger partial charge in [0.25, 0.3) is 0 Å². The van der Waals surface area contributed by atoms with Crippen LogP contribution < -0.4 is 0 Å². The van der Waals surface area contributed by atoms with E-state index in [0.29, 0.717) is 0 Å². The second-order valence-electron chi connectivity index (χ2n) is 2.39. The molecule has 0 unspecified atom stereocenters. The summed E-state index contributed by atoms with van der Waals surface area (Å²) in [5.41, 5.74) is 0.727. The van der Waals surface area contributed by atoms with Gasteiger partial charge in [0.05, 0.1) is 0 Å². The molecule has 1 aromatic rings. The predicted octanol–water partition coefficient (Wildman–Crippen LogP) is 1.91. The first-order valence-electron chi connectivity index (χ1n) is 4.50. The first kappa shape index (κ1) is 12.4. The molecule has 0 aliphatic rings. The summed E-state index contributed by atoms with van der Waals surface area (Å²) in [6.45, 7) is 4.00. The molecule has 1 rings (SSSR count). The van der Waals surface area contributed by atoms with Crippen LogP contribution in [0.3, 0.4) is 0 Å². The largest absolute Gasteiger partial charge is 0.475 e. The molecule has 0 aliphatic heterocycles. The summed E-state index contributed by atoms with van der Waals surface area (Å²) in [6, 6.07) is 8.80. The zero-order valence-electron chi connectivity index (χ0n) is 8.36. The molecule has 0 fully saturated rings. The Labute approximate surface area is 83.4 Å². The molecule has 0 aromatic heterocycles. The average molecular weight is 194 g/mol. The zero-order valence-corrected chi connectivity index (χ0v) is 8.36. The second-order valence-corrected chi connectivity index (χ2v) is 2.39. The number of hydrogen-bond donors (Lipinski definition) is 1. The Morgan fingerprint density at radius 2 is 1.64 bits per heavy atom. The fourth-order valence-corrected chi connectivity index (χ4v) is 0.857. The van der Waals surface area contributed by atoms with Gasteiger partial charge in [0.2, 0.25) is 5.78 Å². The third-order valence-electron chi connectivity index (χ3n) is 1.45. The Morgan fingerprint density at radius 1 is 1.14 bits per heavy atom. The highest BCUT2D eigenvalue weighted by atomic mass is 16.4. The molecule has 0 bridgehead atoms. The van der Waals surface area contributed by atoms with Crippen LogP contribution in [0.2, 0.25) is 0 Å². The normalized spacial score (nSPS) is 8.43. The van der Waals surface area contributed by atoms with Gasteiger partial charge in [0.15, 0.2) is 0 Å². The van der Waals surface area contributed by atoms with Crippen molar-refractivity contribution in [1.82, 2.24) is 0 Å². The topological polar surface area (TPSA) is 54.4 Å². The number of benzene rings is 1. The lowest BCUT2D eigenvalue weighted by atomic mass is 10.1. The van der Waals surface area contributed by atoms with Gasteiger partial charge in [-0.25, -0.2) is 4.79 Å². The second kappa shape index (κ2) is 6.83. The number of aliphatic carboxylic acids is 1. The van der Waals surface area contributed by atoms with Crippen molar-refractivity contribution < 1.29 is 14.7 Å². The fourth-order valence-electron chi connectivity index (χ4n) is 0.857. The minimum absolute atomic E-state index is 0.0316. The van der Waals surface area contributed by atoms with Crippen LogP contribution in [0.5, 0.6) is 0 Å². The summed E-state index contributed by atoms with van der Waals surface area (Å²) >= 11 is 0. The Balaban J connectivity index is 0.000000791. The lowest BCUT2D eigenvalue weighted by Crippen LogP contribution is -2.14. The number of ketones is 1. The van der Waals surface area contributed by atoms with Crippen LogP contribution in [0.25, 0.3) is 0 Å². The van der Waals surface area contributed by atoms with E-state index in [4.69, 9.17) is 5.11 Å². The summed E-state index contributed by atoms with van der Waals surface area (Å²) in [6.07, 6.45) is -0.0316. The standard InChI is InChI=1S/C9H8O3.C2H6/c10-8(9(11)12)6-7-4-2-1-3-5-7;1-2/h1-5H,6H2,(H,11,12);1-2H3. The van der Waals surface area contributed by atoms with E-state index in [9.17, 15) is 9.59 Å². The van der Waals surface area contributed by atoms with E-state index >= 15 is 0 Å². The molecule has 3 heteroatoms. The van der Waals surface area contributed by atoms with E-state index in [0.717, 1.165) is 5.56 Å². The van der Waals surface area contributed by atoms with Crippen LogP contribution in [-0.4, -0.2) is 16.9 Å². The van der Waals surface area contributed by atoms with Crippen molar-refractivity contribution in [1.29, 1.82) is 0 Å². The van der Waals surface area contributed by atoms with Crippen LogP contribution in [0, 0.1) is 0 Å². The highest BCUT2D eigenvalue weighted by Crippen LogP contribution is 1.99. The lowest BCUT2D eigenvalue weighted by molar-refractivity contribution is -0.148. The van der Waals surface area contributed by atoms with Crippen LogP contribution in [-0.2, 0) is 16.0 Å². The molecule has 76 valence electrons. The third-order valence-corrected chi connectivity index (χ3v) is 1.45. The summed E-state index contributed by atoms with van der Waals surface area (Å²) in [5, 5.41) is 8.29. The van der Waals surface area contributed by atoms with Gasteiger partial charge in [0.1, 0.15) is 0 Å². The Bertz CT molecular complexity index is 291. The molecular weight excluding hydrogens is 180 g/mol. The molecule has 14 heavy (non-hydrogen) atoms. The molecule has 0 atom stereocenters. The number of carbonyl (C=O) groups excluding carboxylic acids is 1. The van der Waals surface area contributed by atoms with E-state index < -0.39 is 11.8 Å². The van der Waals surface area contributed by atoms with E-state index in [1.54, 1.807) is 24.3 Å². The number of carboxylic acids is 1. The highest BCUT2D eigenvalue weighted by Gasteiger charge is 2.10. The summed E-state index contributed by atoms with van der Waals surface area (Å²) < 4.78 is 0. The van der Waals surface area contributed by atoms with Crippen LogP contribution in [0.4, 0.5) is 0 Å². The number of Topliss-reactive ketones (excluding diaryl/α,β-unsaturated/α-hetero) is 1. The quantitative estimate of drug-likeness (QED) is 0.748. The van der Waals surface area contributed by atoms with Crippen molar-refractivity contribution in [2.75, 3.05) is 0 Å². The van der Waals surface area contributed by atoms with Gasteiger partial charge < -0.3 is 5.11 Å². The van der Waals surface area contributed by atoms with Crippen LogP contribution in [0.15, 0.2) is 30.3 Å². The minimum atomic E-state index is -1.38. The maximum atomic E-state index is 10.7. The maximum Gasteiger partial charge on any atom is 0.372 e. The van der Waals surface area contributed by atoms with Gasteiger partial charge in [-0.2, -0.15) is 0 Å². The fraction of sp³-hybridized carbons (Fsp3) is 0.273. The van der Waals surface area contributed by atoms with Crippen molar-refractivity contribution in [3.05, 3.63) is 35.9 Å². The smallest absolute Gasteiger partial charge is 0.372 e. The molecule has 1 N–H and O–H groups in total. The first-order chi connectivity index (χ1) is 6.70. The third kappa shape index (κ3) is 4.40. The molecule has 3 nitrogen and oxygen atoms in total. The van der Waals surface area contributed by atoms with Gasteiger partial charge >= 0.3 is 5.97 Å². The maximum absolute atomic E-state index is 10.7. The predicted molar refractivity (Wildman–Crippen MR) is 54.1 cm³/mol. The molecular formula is C11H14O3. The Hall–Kier alpha value is -1.64. The van der Waals surface area contributed by atoms with Crippen molar-refractivity contribution in [2.45, 2.75) is 20.3 Å². The number of rotatable bonds is 3. The molecule has 0 aliphatic carbocycles. The monoisotopic (exact) mass is 194 g/mol. The van der Waals surface area contributed by atoms with E-state index in [2.05, 4.69) is 0 Å². The van der Waals surface area contributed by atoms with Gasteiger partial charge in [-0.1, -0.05) is 44.2 Å². The summed E-state index contributed by atoms with van der Waals surface area (Å²) in [7, 11) is 0. The highest BCUT2D eigenvalue weighted by molar-refractivity contribution is 6.33. The molecule has 0 saturated heterocycles. The van der Waals surface area contributed by atoms with Crippen molar-refractivity contribution in [3.63, 3.8) is 0 Å². The van der Waals surface area contributed by atoms with E-state index in [-0.39, 0.29) is 6.42 Å². The Morgan fingerprint density at radius 3 is 2.07 bits per heavy atom. The SMILES string of the molecule is CC.O=C(O)C(=O)Cc1ccccc1. The van der Waals surface area contributed by atoms with Crippen molar-refractivity contribution in [3.8, 4) is 0 Å². The first-order valence-corrected chi connectivity index (χ1v) is 4.50. The summed E-state index contributed by atoms with van der Waals surface area (Å²) in [5.74, 6) is -2.15. The van der Waals surface area contributed by atoms with Gasteiger partial charge in [-0.3, -0.25) is 4.79 Å². The van der Waals surface area contributed by atoms with E-state index in [1.807, 2.05) is 19.9 Å². The minimum Gasteiger partial charge on any atom is -0.475 e. The molecule has 0 spiro atoms. The van der Waals surface area contributed by atoms with Crippen molar-refractivity contribution in [2.24, 2.45) is 0 Å². The number of carbonyl (C=O) groups is 2. The number of carboxylic acid groups (broad SMARTS) is 1. The molecule has 0 radical (unpaired) electrons. The van der Waals surface area contributed by atoms with E-state index in [1.165, 1.54) is 0 Å². The molecule has 0 heterocycles. The zero-order chi connectivity index (χ0) is 11.0. The van der Waals surface area contributed by atoms with Gasteiger partial charge in [0, 0.05) is 6.42 Å². The summed E-state index contributed by atoms with van der Waals surface area (Å²) in [4.78, 5) is 20.9. The number of hydrogen-bond acceptors (Lipinski definition) is 2. The molecule has 1 aromatic carbocycles. The Kier molecular flexibility index (Phi) is 6.03. The average Bonchev–Trinajstić information content (AvgIpc) is 2.22. The van der Waals surface area contributed by atoms with Gasteiger partial charge in [-0.15, -0.1) is 0 Å². The van der Waals surface area contributed by atoms with Gasteiger partial charge in [-0.05, 0) is 5.56 Å². The van der Waals surface area contributed by atoms with Crippen LogP contribution in [0.1, 0.15) is 19.4 Å². The van der Waals surface area contributed by atoms with Crippen LogP contribution >= 0.6 is 0 Å². The molecule has 0 amide bonds. The lowest BCUT2D eigenvalue weighted by Gasteiger charge is -1.94. The molecule has 0 saturated carbocycles.